The van der Waals surface area contributed by atoms with Crippen molar-refractivity contribution < 1.29 is 9.53 Å². The summed E-state index contributed by atoms with van der Waals surface area (Å²) in [5.74, 6) is 0.694. The Kier molecular flexibility index (Phi) is 3.09. The average Bonchev–Trinajstić information content (AvgIpc) is 2.64. The van der Waals surface area contributed by atoms with Gasteiger partial charge in [0.1, 0.15) is 5.75 Å². The molecule has 4 N–H and O–H groups in total. The van der Waals surface area contributed by atoms with Crippen LogP contribution in [-0.4, -0.2) is 22.6 Å². The fraction of sp³-hybridized carbons (Fsp3) is 0.385. The third-order valence-corrected chi connectivity index (χ3v) is 3.21. The molecule has 1 aromatic carbocycles. The Hall–Kier alpha value is -2.24. The summed E-state index contributed by atoms with van der Waals surface area (Å²) in [6.45, 7) is 3.93. The maximum atomic E-state index is 11.4. The number of methoxy groups -OCH3 is 1. The third kappa shape index (κ3) is 2.33. The summed E-state index contributed by atoms with van der Waals surface area (Å²) < 4.78 is 6.97. The quantitative estimate of drug-likeness (QED) is 0.863. The number of anilines is 1. The number of hydrogen-bond acceptors (Lipinski definition) is 4. The van der Waals surface area contributed by atoms with E-state index in [1.165, 1.54) is 0 Å². The molecule has 0 fully saturated rings. The second-order valence-corrected chi connectivity index (χ2v) is 5.16. The zero-order valence-corrected chi connectivity index (χ0v) is 11.3. The van der Waals surface area contributed by atoms with Gasteiger partial charge in [0.05, 0.1) is 23.6 Å². The molecule has 0 aliphatic heterocycles. The van der Waals surface area contributed by atoms with Crippen molar-refractivity contribution in [3.05, 3.63) is 18.2 Å². The molecule has 0 unspecified atom stereocenters. The molecule has 0 saturated heterocycles. The van der Waals surface area contributed by atoms with Gasteiger partial charge in [0.15, 0.2) is 0 Å². The van der Waals surface area contributed by atoms with Crippen molar-refractivity contribution in [3.8, 4) is 5.75 Å². The molecule has 2 aromatic rings. The number of fused-ring (bicyclic) bond motifs is 1. The molecular weight excluding hydrogens is 244 g/mol. The first-order valence-electron chi connectivity index (χ1n) is 5.95. The molecular formula is C13H18N4O2. The van der Waals surface area contributed by atoms with E-state index < -0.39 is 5.41 Å². The van der Waals surface area contributed by atoms with Crippen LogP contribution in [0.2, 0.25) is 0 Å². The molecule has 0 bridgehead atoms. The monoisotopic (exact) mass is 262 g/mol. The van der Waals surface area contributed by atoms with Crippen molar-refractivity contribution in [2.24, 2.45) is 11.1 Å². The number of ether oxygens (including phenoxy) is 1. The van der Waals surface area contributed by atoms with Gasteiger partial charge in [-0.15, -0.1) is 0 Å². The highest BCUT2D eigenvalue weighted by molar-refractivity contribution is 5.82. The predicted octanol–water partition coefficient (Wildman–Crippen LogP) is 1.14. The topological polar surface area (TPSA) is 96.2 Å². The molecule has 0 aliphatic rings. The summed E-state index contributed by atoms with van der Waals surface area (Å²) >= 11 is 0. The molecule has 102 valence electrons. The fourth-order valence-electron chi connectivity index (χ4n) is 1.89. The Labute approximate surface area is 111 Å². The number of primary amides is 1. The molecule has 19 heavy (non-hydrogen) atoms. The number of amides is 1. The van der Waals surface area contributed by atoms with Crippen LogP contribution in [0.3, 0.4) is 0 Å². The van der Waals surface area contributed by atoms with Crippen LogP contribution in [0.5, 0.6) is 5.75 Å². The maximum Gasteiger partial charge on any atom is 0.224 e. The van der Waals surface area contributed by atoms with Crippen molar-refractivity contribution in [1.82, 2.24) is 9.55 Å². The molecule has 6 nitrogen and oxygen atoms in total. The molecule has 0 radical (unpaired) electrons. The van der Waals surface area contributed by atoms with Crippen LogP contribution in [0.25, 0.3) is 11.0 Å². The van der Waals surface area contributed by atoms with Gasteiger partial charge >= 0.3 is 0 Å². The molecule has 2 rings (SSSR count). The molecule has 0 saturated carbocycles. The van der Waals surface area contributed by atoms with Crippen molar-refractivity contribution in [2.75, 3.05) is 12.8 Å². The molecule has 1 heterocycles. The standard InChI is InChI=1S/C13H18N4O2/c1-13(2,11(14)18)7-17-10-6-8(19-3)4-5-9(10)16-12(17)15/h4-6H,7H2,1-3H3,(H2,14,18)(H2,15,16). The summed E-state index contributed by atoms with van der Waals surface area (Å²) in [7, 11) is 1.60. The highest BCUT2D eigenvalue weighted by Gasteiger charge is 2.27. The second-order valence-electron chi connectivity index (χ2n) is 5.16. The summed E-state index contributed by atoms with van der Waals surface area (Å²) in [6, 6.07) is 5.49. The van der Waals surface area contributed by atoms with Gasteiger partial charge in [0.25, 0.3) is 0 Å². The number of carbonyl (C=O) groups is 1. The largest absolute Gasteiger partial charge is 0.497 e. The third-order valence-electron chi connectivity index (χ3n) is 3.21. The highest BCUT2D eigenvalue weighted by Crippen LogP contribution is 2.27. The summed E-state index contributed by atoms with van der Waals surface area (Å²) in [6.07, 6.45) is 0. The van der Waals surface area contributed by atoms with E-state index in [-0.39, 0.29) is 5.91 Å². The zero-order valence-electron chi connectivity index (χ0n) is 11.3. The van der Waals surface area contributed by atoms with Crippen LogP contribution in [-0.2, 0) is 11.3 Å². The van der Waals surface area contributed by atoms with E-state index in [4.69, 9.17) is 16.2 Å². The lowest BCUT2D eigenvalue weighted by molar-refractivity contribution is -0.126. The number of rotatable bonds is 4. The highest BCUT2D eigenvalue weighted by atomic mass is 16.5. The van der Waals surface area contributed by atoms with E-state index in [0.717, 1.165) is 11.0 Å². The Bertz CT molecular complexity index is 631. The van der Waals surface area contributed by atoms with Crippen LogP contribution in [0.1, 0.15) is 13.8 Å². The van der Waals surface area contributed by atoms with E-state index in [2.05, 4.69) is 4.98 Å². The lowest BCUT2D eigenvalue weighted by atomic mass is 9.92. The normalized spacial score (nSPS) is 11.7. The second kappa shape index (κ2) is 4.46. The lowest BCUT2D eigenvalue weighted by Crippen LogP contribution is -2.35. The van der Waals surface area contributed by atoms with Crippen molar-refractivity contribution in [1.29, 1.82) is 0 Å². The number of carbonyl (C=O) groups excluding carboxylic acids is 1. The number of nitrogens with zero attached hydrogens (tertiary/aromatic N) is 2. The van der Waals surface area contributed by atoms with E-state index in [1.807, 2.05) is 18.2 Å². The smallest absolute Gasteiger partial charge is 0.224 e. The van der Waals surface area contributed by atoms with Gasteiger partial charge in [0.2, 0.25) is 11.9 Å². The van der Waals surface area contributed by atoms with Gasteiger partial charge in [-0.3, -0.25) is 4.79 Å². The van der Waals surface area contributed by atoms with Crippen LogP contribution in [0, 0.1) is 5.41 Å². The van der Waals surface area contributed by atoms with Gasteiger partial charge in [-0.2, -0.15) is 0 Å². The van der Waals surface area contributed by atoms with Gasteiger partial charge < -0.3 is 20.8 Å². The van der Waals surface area contributed by atoms with Gasteiger partial charge in [0, 0.05) is 12.6 Å². The minimum absolute atomic E-state index is 0.359. The maximum absolute atomic E-state index is 11.4. The Morgan fingerprint density at radius 3 is 2.74 bits per heavy atom. The number of hydrogen-bond donors (Lipinski definition) is 2. The van der Waals surface area contributed by atoms with E-state index in [1.54, 1.807) is 25.5 Å². The number of imidazole rings is 1. The van der Waals surface area contributed by atoms with Crippen LogP contribution >= 0.6 is 0 Å². The van der Waals surface area contributed by atoms with Crippen LogP contribution < -0.4 is 16.2 Å². The number of aromatic nitrogens is 2. The number of nitrogens with two attached hydrogens (primary N) is 2. The molecule has 1 aromatic heterocycles. The first-order valence-corrected chi connectivity index (χ1v) is 5.95. The summed E-state index contributed by atoms with van der Waals surface area (Å²) in [5, 5.41) is 0. The summed E-state index contributed by atoms with van der Waals surface area (Å²) in [4.78, 5) is 15.7. The lowest BCUT2D eigenvalue weighted by Gasteiger charge is -2.22. The SMILES string of the molecule is COc1ccc2nc(N)n(CC(C)(C)C(N)=O)c2c1. The minimum atomic E-state index is -0.704. The van der Waals surface area contributed by atoms with Crippen LogP contribution in [0.15, 0.2) is 18.2 Å². The Morgan fingerprint density at radius 1 is 1.47 bits per heavy atom. The molecule has 6 heteroatoms. The van der Waals surface area contributed by atoms with Crippen molar-refractivity contribution >= 4 is 22.9 Å². The van der Waals surface area contributed by atoms with Gasteiger partial charge in [-0.05, 0) is 26.0 Å². The van der Waals surface area contributed by atoms with Gasteiger partial charge in [-0.25, -0.2) is 4.98 Å². The Balaban J connectivity index is 2.53. The van der Waals surface area contributed by atoms with Crippen molar-refractivity contribution in [3.63, 3.8) is 0 Å². The molecule has 1 amide bonds. The molecule has 0 aliphatic carbocycles. The average molecular weight is 262 g/mol. The Morgan fingerprint density at radius 2 is 2.16 bits per heavy atom. The van der Waals surface area contributed by atoms with Crippen LogP contribution in [0.4, 0.5) is 5.95 Å². The first kappa shape index (κ1) is 13.2. The summed E-state index contributed by atoms with van der Waals surface area (Å²) in [5.41, 5.74) is 12.2. The minimum Gasteiger partial charge on any atom is -0.497 e. The number of benzene rings is 1. The molecule has 0 spiro atoms. The number of nitrogen functional groups attached to an aromatic ring is 1. The van der Waals surface area contributed by atoms with E-state index >= 15 is 0 Å². The van der Waals surface area contributed by atoms with Gasteiger partial charge in [-0.1, -0.05) is 0 Å². The predicted molar refractivity (Wildman–Crippen MR) is 73.7 cm³/mol. The fourth-order valence-corrected chi connectivity index (χ4v) is 1.89. The first-order chi connectivity index (χ1) is 8.85. The molecule has 0 atom stereocenters. The van der Waals surface area contributed by atoms with Crippen molar-refractivity contribution in [2.45, 2.75) is 20.4 Å². The van der Waals surface area contributed by atoms with E-state index in [0.29, 0.717) is 18.2 Å². The zero-order chi connectivity index (χ0) is 14.2. The van der Waals surface area contributed by atoms with E-state index in [9.17, 15) is 4.79 Å².